The number of nitrogens with zero attached hydrogens (tertiary/aromatic N) is 1. The van der Waals surface area contributed by atoms with Gasteiger partial charge in [0, 0.05) is 5.56 Å². The fourth-order valence-electron chi connectivity index (χ4n) is 1.75. The van der Waals surface area contributed by atoms with Crippen molar-refractivity contribution in [2.75, 3.05) is 0 Å². The first-order valence-corrected chi connectivity index (χ1v) is 6.24. The number of rotatable bonds is 3. The summed E-state index contributed by atoms with van der Waals surface area (Å²) in [5.74, 6) is 0.462. The molecule has 0 aliphatic heterocycles. The van der Waals surface area contributed by atoms with Gasteiger partial charge in [-0.05, 0) is 43.7 Å². The maximum absolute atomic E-state index is 4.14. The smallest absolute Gasteiger partial charge is 0.0731 e. The molecule has 0 bridgehead atoms. The van der Waals surface area contributed by atoms with E-state index in [1.165, 1.54) is 11.1 Å². The van der Waals surface area contributed by atoms with Gasteiger partial charge in [-0.25, -0.2) is 0 Å². The van der Waals surface area contributed by atoms with Crippen LogP contribution in [0.1, 0.15) is 57.2 Å². The average molecular weight is 231 g/mol. The van der Waals surface area contributed by atoms with E-state index in [0.29, 0.717) is 5.92 Å². The van der Waals surface area contributed by atoms with Crippen LogP contribution in [0.2, 0.25) is 0 Å². The van der Waals surface area contributed by atoms with E-state index in [9.17, 15) is 0 Å². The first kappa shape index (κ1) is 15.6. The van der Waals surface area contributed by atoms with E-state index in [1.54, 1.807) is 0 Å². The molecule has 0 heterocycles. The second kappa shape index (κ2) is 7.05. The standard InChI is InChI=1S/C14H19N.C2H6/c1-9(2)12-7-11(5)8-13(10(3)4)14(12)15-6;1-2/h7-8,10H,1,6H2,2-5H3;1-2H3. The fraction of sp³-hybridized carbons (Fsp3) is 0.438. The summed E-state index contributed by atoms with van der Waals surface area (Å²) in [5, 5.41) is 0. The summed E-state index contributed by atoms with van der Waals surface area (Å²) in [4.78, 5) is 4.14. The minimum Gasteiger partial charge on any atom is -0.264 e. The van der Waals surface area contributed by atoms with Gasteiger partial charge in [0.2, 0.25) is 0 Å². The van der Waals surface area contributed by atoms with Gasteiger partial charge in [0.05, 0.1) is 5.69 Å². The SMILES string of the molecule is C=Nc1c(C(=C)C)cc(C)cc1C(C)C.CC. The molecule has 0 saturated heterocycles. The zero-order valence-electron chi connectivity index (χ0n) is 12.1. The van der Waals surface area contributed by atoms with Crippen molar-refractivity contribution >= 4 is 18.0 Å². The molecule has 0 aromatic heterocycles. The topological polar surface area (TPSA) is 12.4 Å². The molecule has 0 aliphatic carbocycles. The van der Waals surface area contributed by atoms with Crippen molar-refractivity contribution in [1.29, 1.82) is 0 Å². The van der Waals surface area contributed by atoms with E-state index in [1.807, 2.05) is 20.8 Å². The Morgan fingerprint density at radius 1 is 1.24 bits per heavy atom. The van der Waals surface area contributed by atoms with Crippen LogP contribution in [0.25, 0.3) is 5.57 Å². The number of benzene rings is 1. The van der Waals surface area contributed by atoms with Crippen LogP contribution >= 0.6 is 0 Å². The maximum Gasteiger partial charge on any atom is 0.0731 e. The lowest BCUT2D eigenvalue weighted by Crippen LogP contribution is -1.93. The lowest BCUT2D eigenvalue weighted by molar-refractivity contribution is 0.864. The second-order valence-electron chi connectivity index (χ2n) is 4.34. The Morgan fingerprint density at radius 3 is 2.12 bits per heavy atom. The predicted octanol–water partition coefficient (Wildman–Crippen LogP) is 5.51. The van der Waals surface area contributed by atoms with Gasteiger partial charge in [-0.3, -0.25) is 4.99 Å². The predicted molar refractivity (Wildman–Crippen MR) is 80.5 cm³/mol. The quantitative estimate of drug-likeness (QED) is 0.608. The van der Waals surface area contributed by atoms with Crippen molar-refractivity contribution in [3.8, 4) is 0 Å². The molecule has 0 N–H and O–H groups in total. The van der Waals surface area contributed by atoms with Gasteiger partial charge in [0.25, 0.3) is 0 Å². The van der Waals surface area contributed by atoms with E-state index in [4.69, 9.17) is 0 Å². The molecule has 0 atom stereocenters. The maximum atomic E-state index is 4.14. The highest BCUT2D eigenvalue weighted by Gasteiger charge is 2.11. The lowest BCUT2D eigenvalue weighted by Gasteiger charge is -2.15. The normalized spacial score (nSPS) is 9.59. The minimum absolute atomic E-state index is 0.462. The third-order valence-electron chi connectivity index (χ3n) is 2.52. The number of aliphatic imine (C=N–C) groups is 1. The summed E-state index contributed by atoms with van der Waals surface area (Å²) in [5.41, 5.74) is 5.66. The van der Waals surface area contributed by atoms with E-state index < -0.39 is 0 Å². The van der Waals surface area contributed by atoms with E-state index in [2.05, 4.69) is 51.2 Å². The van der Waals surface area contributed by atoms with Crippen LogP contribution < -0.4 is 0 Å². The molecule has 1 heteroatoms. The molecular formula is C16H25N. The lowest BCUT2D eigenvalue weighted by atomic mass is 9.93. The Balaban J connectivity index is 0.00000121. The van der Waals surface area contributed by atoms with Crippen LogP contribution in [0.15, 0.2) is 23.7 Å². The highest BCUT2D eigenvalue weighted by atomic mass is 14.7. The number of hydrogen-bond acceptors (Lipinski definition) is 1. The van der Waals surface area contributed by atoms with Crippen molar-refractivity contribution in [3.05, 3.63) is 35.4 Å². The van der Waals surface area contributed by atoms with Crippen LogP contribution in [0.4, 0.5) is 5.69 Å². The summed E-state index contributed by atoms with van der Waals surface area (Å²) in [6, 6.07) is 4.30. The molecule has 17 heavy (non-hydrogen) atoms. The molecule has 0 amide bonds. The van der Waals surface area contributed by atoms with Gasteiger partial charge >= 0.3 is 0 Å². The monoisotopic (exact) mass is 231 g/mol. The number of hydrogen-bond donors (Lipinski definition) is 0. The van der Waals surface area contributed by atoms with Crippen molar-refractivity contribution in [2.24, 2.45) is 4.99 Å². The first-order valence-electron chi connectivity index (χ1n) is 6.24. The van der Waals surface area contributed by atoms with Crippen molar-refractivity contribution < 1.29 is 0 Å². The van der Waals surface area contributed by atoms with E-state index in [-0.39, 0.29) is 0 Å². The minimum atomic E-state index is 0.462. The summed E-state index contributed by atoms with van der Waals surface area (Å²) in [6.45, 7) is 20.1. The Labute approximate surface area is 106 Å². The molecule has 0 fully saturated rings. The van der Waals surface area contributed by atoms with E-state index in [0.717, 1.165) is 16.8 Å². The highest BCUT2D eigenvalue weighted by Crippen LogP contribution is 2.34. The van der Waals surface area contributed by atoms with Gasteiger partial charge < -0.3 is 0 Å². The molecule has 1 aromatic carbocycles. The molecule has 0 radical (unpaired) electrons. The Bertz CT molecular complexity index is 400. The summed E-state index contributed by atoms with van der Waals surface area (Å²) >= 11 is 0. The third kappa shape index (κ3) is 3.85. The Kier molecular flexibility index (Phi) is 6.48. The summed E-state index contributed by atoms with van der Waals surface area (Å²) in [6.07, 6.45) is 0. The summed E-state index contributed by atoms with van der Waals surface area (Å²) in [7, 11) is 0. The van der Waals surface area contributed by atoms with Gasteiger partial charge in [-0.15, -0.1) is 0 Å². The Morgan fingerprint density at radius 2 is 1.76 bits per heavy atom. The fourth-order valence-corrected chi connectivity index (χ4v) is 1.75. The van der Waals surface area contributed by atoms with Crippen LogP contribution in [-0.4, -0.2) is 6.72 Å². The van der Waals surface area contributed by atoms with Gasteiger partial charge in [-0.1, -0.05) is 45.9 Å². The second-order valence-corrected chi connectivity index (χ2v) is 4.34. The zero-order chi connectivity index (χ0) is 13.6. The van der Waals surface area contributed by atoms with Crippen LogP contribution in [0.3, 0.4) is 0 Å². The van der Waals surface area contributed by atoms with Crippen molar-refractivity contribution in [3.63, 3.8) is 0 Å². The third-order valence-corrected chi connectivity index (χ3v) is 2.52. The largest absolute Gasteiger partial charge is 0.264 e. The molecular weight excluding hydrogens is 206 g/mol. The molecule has 0 saturated carbocycles. The first-order chi connectivity index (χ1) is 7.97. The van der Waals surface area contributed by atoms with Gasteiger partial charge in [0.1, 0.15) is 0 Å². The molecule has 1 aromatic rings. The van der Waals surface area contributed by atoms with Crippen molar-refractivity contribution in [2.45, 2.75) is 47.5 Å². The van der Waals surface area contributed by atoms with Gasteiger partial charge in [0.15, 0.2) is 0 Å². The molecule has 0 aliphatic rings. The van der Waals surface area contributed by atoms with Crippen LogP contribution in [-0.2, 0) is 0 Å². The zero-order valence-corrected chi connectivity index (χ0v) is 12.1. The molecule has 1 rings (SSSR count). The van der Waals surface area contributed by atoms with E-state index >= 15 is 0 Å². The average Bonchev–Trinajstić information content (AvgIpc) is 2.30. The Hall–Kier alpha value is -1.37. The van der Waals surface area contributed by atoms with Crippen LogP contribution in [0.5, 0.6) is 0 Å². The number of aryl methyl sites for hydroxylation is 1. The highest BCUT2D eigenvalue weighted by molar-refractivity contribution is 5.76. The van der Waals surface area contributed by atoms with Crippen LogP contribution in [0, 0.1) is 6.92 Å². The molecule has 0 spiro atoms. The molecule has 1 nitrogen and oxygen atoms in total. The molecule has 94 valence electrons. The number of allylic oxidation sites excluding steroid dienone is 1. The molecule has 0 unspecified atom stereocenters. The summed E-state index contributed by atoms with van der Waals surface area (Å²) < 4.78 is 0. The van der Waals surface area contributed by atoms with Gasteiger partial charge in [-0.2, -0.15) is 0 Å². The van der Waals surface area contributed by atoms with Crippen molar-refractivity contribution in [1.82, 2.24) is 0 Å².